The van der Waals surface area contributed by atoms with Gasteiger partial charge in [-0.3, -0.25) is 0 Å². The van der Waals surface area contributed by atoms with E-state index in [2.05, 4.69) is 11.6 Å². The molecule has 0 spiro atoms. The van der Waals surface area contributed by atoms with Crippen molar-refractivity contribution in [3.05, 3.63) is 23.2 Å². The number of benzene rings is 1. The third-order valence-electron chi connectivity index (χ3n) is 4.05. The molecule has 1 aromatic rings. The predicted octanol–water partition coefficient (Wildman–Crippen LogP) is 2.78. The molecule has 0 aliphatic heterocycles. The summed E-state index contributed by atoms with van der Waals surface area (Å²) in [5.41, 5.74) is 6.13. The summed E-state index contributed by atoms with van der Waals surface area (Å²) in [6, 6.07) is 4.48. The molecule has 6 heteroatoms. The van der Waals surface area contributed by atoms with Crippen LogP contribution in [0.4, 0.5) is 5.69 Å². The van der Waals surface area contributed by atoms with Gasteiger partial charge in [0.2, 0.25) is 10.0 Å². The predicted molar refractivity (Wildman–Crippen MR) is 77.6 cm³/mol. The molecule has 4 nitrogen and oxygen atoms in total. The molecule has 3 N–H and O–H groups in total. The molecule has 0 unspecified atom stereocenters. The van der Waals surface area contributed by atoms with Gasteiger partial charge in [-0.15, -0.1) is 0 Å². The normalized spacial score (nSPS) is 18.0. The molecule has 1 saturated carbocycles. The molecule has 19 heavy (non-hydrogen) atoms. The third kappa shape index (κ3) is 3.04. The topological polar surface area (TPSA) is 72.2 Å². The van der Waals surface area contributed by atoms with Gasteiger partial charge in [-0.1, -0.05) is 24.9 Å². The lowest BCUT2D eigenvalue weighted by Gasteiger charge is -2.41. The Bertz CT molecular complexity index is 562. The smallest absolute Gasteiger partial charge is 0.242 e. The molecular formula is C13H19ClN2O2S. The molecular weight excluding hydrogens is 284 g/mol. The minimum Gasteiger partial charge on any atom is -0.399 e. The number of nitrogen functional groups attached to an aromatic ring is 1. The molecule has 2 rings (SSSR count). The zero-order valence-corrected chi connectivity index (χ0v) is 12.5. The van der Waals surface area contributed by atoms with Crippen LogP contribution in [0, 0.1) is 5.41 Å². The second-order valence-electron chi connectivity index (χ2n) is 5.22. The Kier molecular flexibility index (Phi) is 4.08. The Labute approximate surface area is 119 Å². The Hall–Kier alpha value is -0.780. The standard InChI is InChI=1S/C13H19ClN2O2S/c1-2-13(6-3-7-13)9-16-19(17,18)12-8-10(15)4-5-11(12)14/h4-5,8,16H,2-3,6-7,9,15H2,1H3. The summed E-state index contributed by atoms with van der Waals surface area (Å²) in [6.07, 6.45) is 4.32. The molecule has 0 atom stereocenters. The van der Waals surface area contributed by atoms with E-state index in [4.69, 9.17) is 17.3 Å². The molecule has 1 aromatic carbocycles. The van der Waals surface area contributed by atoms with E-state index < -0.39 is 10.0 Å². The van der Waals surface area contributed by atoms with E-state index in [1.807, 2.05) is 0 Å². The van der Waals surface area contributed by atoms with Crippen LogP contribution in [-0.4, -0.2) is 15.0 Å². The van der Waals surface area contributed by atoms with Crippen LogP contribution in [0.3, 0.4) is 0 Å². The number of nitrogens with one attached hydrogen (secondary N) is 1. The average molecular weight is 303 g/mol. The Morgan fingerprint density at radius 1 is 1.42 bits per heavy atom. The maximum Gasteiger partial charge on any atom is 0.242 e. The van der Waals surface area contributed by atoms with Gasteiger partial charge in [0.25, 0.3) is 0 Å². The summed E-state index contributed by atoms with van der Waals surface area (Å²) >= 11 is 5.94. The van der Waals surface area contributed by atoms with E-state index in [1.54, 1.807) is 6.07 Å². The van der Waals surface area contributed by atoms with E-state index in [1.165, 1.54) is 18.6 Å². The highest BCUT2D eigenvalue weighted by Crippen LogP contribution is 2.43. The van der Waals surface area contributed by atoms with Gasteiger partial charge in [0.15, 0.2) is 0 Å². The van der Waals surface area contributed by atoms with Crippen LogP contribution in [0.15, 0.2) is 23.1 Å². The lowest BCUT2D eigenvalue weighted by Crippen LogP contribution is -2.41. The fourth-order valence-electron chi connectivity index (χ4n) is 2.38. The van der Waals surface area contributed by atoms with Crippen molar-refractivity contribution in [2.75, 3.05) is 12.3 Å². The molecule has 0 radical (unpaired) electrons. The SMILES string of the molecule is CCC1(CNS(=O)(=O)c2cc(N)ccc2Cl)CCC1. The number of halogens is 1. The van der Waals surface area contributed by atoms with Crippen molar-refractivity contribution in [1.29, 1.82) is 0 Å². The zero-order valence-electron chi connectivity index (χ0n) is 10.9. The maximum atomic E-state index is 12.3. The van der Waals surface area contributed by atoms with Crippen molar-refractivity contribution in [1.82, 2.24) is 4.72 Å². The summed E-state index contributed by atoms with van der Waals surface area (Å²) < 4.78 is 27.2. The van der Waals surface area contributed by atoms with E-state index in [-0.39, 0.29) is 15.3 Å². The van der Waals surface area contributed by atoms with Gasteiger partial charge in [-0.05, 0) is 42.9 Å². The first-order valence-corrected chi connectivity index (χ1v) is 8.29. The molecule has 106 valence electrons. The van der Waals surface area contributed by atoms with Crippen molar-refractivity contribution in [3.63, 3.8) is 0 Å². The van der Waals surface area contributed by atoms with Crippen LogP contribution < -0.4 is 10.5 Å². The van der Waals surface area contributed by atoms with Crippen LogP contribution in [0.1, 0.15) is 32.6 Å². The quantitative estimate of drug-likeness (QED) is 0.822. The van der Waals surface area contributed by atoms with Gasteiger partial charge in [0.1, 0.15) is 4.90 Å². The highest BCUT2D eigenvalue weighted by atomic mass is 35.5. The number of rotatable bonds is 5. The van der Waals surface area contributed by atoms with Crippen LogP contribution in [0.2, 0.25) is 5.02 Å². The first kappa shape index (κ1) is 14.6. The Balaban J connectivity index is 2.16. The van der Waals surface area contributed by atoms with E-state index >= 15 is 0 Å². The second-order valence-corrected chi connectivity index (χ2v) is 7.36. The van der Waals surface area contributed by atoms with Gasteiger partial charge in [0.05, 0.1) is 5.02 Å². The number of hydrogen-bond acceptors (Lipinski definition) is 3. The second kappa shape index (κ2) is 5.31. The fraction of sp³-hybridized carbons (Fsp3) is 0.538. The Morgan fingerprint density at radius 3 is 2.63 bits per heavy atom. The number of hydrogen-bond donors (Lipinski definition) is 2. The lowest BCUT2D eigenvalue weighted by molar-refractivity contribution is 0.133. The fourth-order valence-corrected chi connectivity index (χ4v) is 4.07. The number of sulfonamides is 1. The summed E-state index contributed by atoms with van der Waals surface area (Å²) in [7, 11) is -3.59. The molecule has 0 saturated heterocycles. The minimum absolute atomic E-state index is 0.0553. The number of nitrogens with two attached hydrogens (primary N) is 1. The van der Waals surface area contributed by atoms with Crippen molar-refractivity contribution in [3.8, 4) is 0 Å². The monoisotopic (exact) mass is 302 g/mol. The van der Waals surface area contributed by atoms with Crippen molar-refractivity contribution in [2.24, 2.45) is 5.41 Å². The molecule has 0 amide bonds. The molecule has 1 fully saturated rings. The first-order chi connectivity index (χ1) is 8.88. The lowest BCUT2D eigenvalue weighted by atomic mass is 9.67. The molecule has 1 aliphatic rings. The summed E-state index contributed by atoms with van der Waals surface area (Å²) in [4.78, 5) is 0.0553. The molecule has 0 heterocycles. The van der Waals surface area contributed by atoms with Gasteiger partial charge in [-0.2, -0.15) is 0 Å². The first-order valence-electron chi connectivity index (χ1n) is 6.43. The highest BCUT2D eigenvalue weighted by molar-refractivity contribution is 7.89. The van der Waals surface area contributed by atoms with Crippen molar-refractivity contribution >= 4 is 27.3 Å². The van der Waals surface area contributed by atoms with Crippen LogP contribution in [0.25, 0.3) is 0 Å². The summed E-state index contributed by atoms with van der Waals surface area (Å²) in [5.74, 6) is 0. The van der Waals surface area contributed by atoms with Crippen LogP contribution in [-0.2, 0) is 10.0 Å². The summed E-state index contributed by atoms with van der Waals surface area (Å²) in [6.45, 7) is 2.57. The van der Waals surface area contributed by atoms with Crippen LogP contribution >= 0.6 is 11.6 Å². The van der Waals surface area contributed by atoms with E-state index in [9.17, 15) is 8.42 Å². The van der Waals surface area contributed by atoms with Crippen molar-refractivity contribution in [2.45, 2.75) is 37.5 Å². The largest absolute Gasteiger partial charge is 0.399 e. The highest BCUT2D eigenvalue weighted by Gasteiger charge is 2.36. The van der Waals surface area contributed by atoms with E-state index in [0.717, 1.165) is 19.3 Å². The average Bonchev–Trinajstić information content (AvgIpc) is 2.31. The number of anilines is 1. The van der Waals surface area contributed by atoms with Crippen molar-refractivity contribution < 1.29 is 8.42 Å². The molecule has 0 bridgehead atoms. The van der Waals surface area contributed by atoms with Crippen LogP contribution in [0.5, 0.6) is 0 Å². The van der Waals surface area contributed by atoms with E-state index in [0.29, 0.717) is 12.2 Å². The van der Waals surface area contributed by atoms with Gasteiger partial charge in [-0.25, -0.2) is 13.1 Å². The minimum atomic E-state index is -3.59. The maximum absolute atomic E-state index is 12.3. The molecule has 0 aromatic heterocycles. The van der Waals surface area contributed by atoms with Gasteiger partial charge >= 0.3 is 0 Å². The summed E-state index contributed by atoms with van der Waals surface area (Å²) in [5, 5.41) is 0.195. The molecule has 1 aliphatic carbocycles. The third-order valence-corrected chi connectivity index (χ3v) is 5.93. The zero-order chi connectivity index (χ0) is 14.1. The Morgan fingerprint density at radius 2 is 2.11 bits per heavy atom. The van der Waals surface area contributed by atoms with Gasteiger partial charge < -0.3 is 5.73 Å². The van der Waals surface area contributed by atoms with Gasteiger partial charge in [0, 0.05) is 12.2 Å².